The zero-order chi connectivity index (χ0) is 14.3. The molecule has 1 atom stereocenters. The van der Waals surface area contributed by atoms with Gasteiger partial charge in [0.2, 0.25) is 0 Å². The average molecular weight is 291 g/mol. The number of rotatable bonds is 8. The van der Waals surface area contributed by atoms with E-state index in [1.807, 2.05) is 0 Å². The lowest BCUT2D eigenvalue weighted by Gasteiger charge is -2.27. The summed E-state index contributed by atoms with van der Waals surface area (Å²) in [6, 6.07) is 0.140. The van der Waals surface area contributed by atoms with Crippen LogP contribution in [0.25, 0.3) is 0 Å². The SMILES string of the molecule is CCN(CCCN(C)C)CCC1CS(=O)(=O)CCN1. The molecule has 0 amide bonds. The topological polar surface area (TPSA) is 52.7 Å². The Morgan fingerprint density at radius 1 is 1.21 bits per heavy atom. The maximum atomic E-state index is 11.6. The van der Waals surface area contributed by atoms with Crippen molar-refractivity contribution in [1.29, 1.82) is 0 Å². The summed E-state index contributed by atoms with van der Waals surface area (Å²) in [5, 5.41) is 3.31. The number of sulfone groups is 1. The zero-order valence-corrected chi connectivity index (χ0v) is 13.4. The molecule has 19 heavy (non-hydrogen) atoms. The maximum absolute atomic E-state index is 11.6. The molecule has 5 nitrogen and oxygen atoms in total. The largest absolute Gasteiger partial charge is 0.312 e. The van der Waals surface area contributed by atoms with Crippen molar-refractivity contribution in [1.82, 2.24) is 15.1 Å². The molecular formula is C13H29N3O2S. The van der Waals surface area contributed by atoms with Gasteiger partial charge in [-0.1, -0.05) is 6.92 Å². The first kappa shape index (κ1) is 16.9. The number of hydrogen-bond acceptors (Lipinski definition) is 5. The van der Waals surface area contributed by atoms with E-state index in [0.29, 0.717) is 18.1 Å². The second-order valence-corrected chi connectivity index (χ2v) is 7.87. The van der Waals surface area contributed by atoms with E-state index >= 15 is 0 Å². The smallest absolute Gasteiger partial charge is 0.153 e. The normalized spacial score (nSPS) is 23.1. The summed E-state index contributed by atoms with van der Waals surface area (Å²) in [5.74, 6) is 0.603. The van der Waals surface area contributed by atoms with Gasteiger partial charge in [-0.2, -0.15) is 0 Å². The van der Waals surface area contributed by atoms with Crippen molar-refractivity contribution < 1.29 is 8.42 Å². The van der Waals surface area contributed by atoms with Gasteiger partial charge in [-0.3, -0.25) is 0 Å². The van der Waals surface area contributed by atoms with Crippen LogP contribution in [0.15, 0.2) is 0 Å². The highest BCUT2D eigenvalue weighted by Gasteiger charge is 2.24. The summed E-state index contributed by atoms with van der Waals surface area (Å²) in [6.07, 6.45) is 2.09. The molecule has 0 radical (unpaired) electrons. The molecule has 0 bridgehead atoms. The van der Waals surface area contributed by atoms with Crippen LogP contribution in [0.3, 0.4) is 0 Å². The maximum Gasteiger partial charge on any atom is 0.153 e. The molecule has 1 fully saturated rings. The highest BCUT2D eigenvalue weighted by atomic mass is 32.2. The summed E-state index contributed by atoms with van der Waals surface area (Å²) in [4.78, 5) is 4.61. The van der Waals surface area contributed by atoms with E-state index in [-0.39, 0.29) is 6.04 Å². The molecule has 1 heterocycles. The molecule has 0 aliphatic carbocycles. The van der Waals surface area contributed by atoms with E-state index in [1.54, 1.807) is 0 Å². The lowest BCUT2D eigenvalue weighted by molar-refractivity contribution is 0.254. The fraction of sp³-hybridized carbons (Fsp3) is 1.00. The van der Waals surface area contributed by atoms with Crippen LogP contribution >= 0.6 is 0 Å². The summed E-state index contributed by atoms with van der Waals surface area (Å²) in [6.45, 7) is 6.99. The fourth-order valence-corrected chi connectivity index (χ4v) is 3.92. The van der Waals surface area contributed by atoms with Gasteiger partial charge in [0.1, 0.15) is 0 Å². The lowest BCUT2D eigenvalue weighted by Crippen LogP contribution is -2.46. The molecular weight excluding hydrogens is 262 g/mol. The zero-order valence-electron chi connectivity index (χ0n) is 12.6. The highest BCUT2D eigenvalue weighted by molar-refractivity contribution is 7.91. The van der Waals surface area contributed by atoms with Crippen molar-refractivity contribution in [3.63, 3.8) is 0 Å². The average Bonchev–Trinajstić information content (AvgIpc) is 2.32. The van der Waals surface area contributed by atoms with E-state index in [2.05, 4.69) is 36.1 Å². The van der Waals surface area contributed by atoms with E-state index in [1.165, 1.54) is 0 Å². The van der Waals surface area contributed by atoms with Gasteiger partial charge in [0.05, 0.1) is 11.5 Å². The Morgan fingerprint density at radius 3 is 2.53 bits per heavy atom. The summed E-state index contributed by atoms with van der Waals surface area (Å²) in [5.41, 5.74) is 0. The third kappa shape index (κ3) is 7.25. The lowest BCUT2D eigenvalue weighted by atomic mass is 10.2. The van der Waals surface area contributed by atoms with Crippen LogP contribution in [-0.4, -0.2) is 82.6 Å². The van der Waals surface area contributed by atoms with Crippen molar-refractivity contribution in [3.05, 3.63) is 0 Å². The predicted molar refractivity (Wildman–Crippen MR) is 80.3 cm³/mol. The van der Waals surface area contributed by atoms with Gasteiger partial charge in [0.15, 0.2) is 9.84 Å². The molecule has 0 aromatic carbocycles. The van der Waals surface area contributed by atoms with Gasteiger partial charge in [-0.15, -0.1) is 0 Å². The Hall–Kier alpha value is -0.170. The molecule has 114 valence electrons. The molecule has 0 aromatic heterocycles. The Bertz CT molecular complexity index is 344. The van der Waals surface area contributed by atoms with Gasteiger partial charge in [-0.25, -0.2) is 8.42 Å². The molecule has 1 N–H and O–H groups in total. The molecule has 1 saturated heterocycles. The Balaban J connectivity index is 2.24. The summed E-state index contributed by atoms with van der Waals surface area (Å²) in [7, 11) is 1.38. The fourth-order valence-electron chi connectivity index (χ4n) is 2.43. The number of nitrogens with zero attached hydrogens (tertiary/aromatic N) is 2. The van der Waals surface area contributed by atoms with Crippen LogP contribution in [0.2, 0.25) is 0 Å². The third-order valence-electron chi connectivity index (χ3n) is 3.62. The van der Waals surface area contributed by atoms with Gasteiger partial charge >= 0.3 is 0 Å². The monoisotopic (exact) mass is 291 g/mol. The molecule has 0 spiro atoms. The van der Waals surface area contributed by atoms with E-state index in [0.717, 1.165) is 39.0 Å². The molecule has 1 aliphatic heterocycles. The second kappa shape index (κ2) is 8.19. The van der Waals surface area contributed by atoms with E-state index in [4.69, 9.17) is 0 Å². The Morgan fingerprint density at radius 2 is 1.95 bits per heavy atom. The molecule has 0 aromatic rings. The van der Waals surface area contributed by atoms with E-state index in [9.17, 15) is 8.42 Å². The molecule has 1 aliphatic rings. The number of hydrogen-bond donors (Lipinski definition) is 1. The van der Waals surface area contributed by atoms with Crippen LogP contribution in [-0.2, 0) is 9.84 Å². The minimum Gasteiger partial charge on any atom is -0.312 e. The van der Waals surface area contributed by atoms with Crippen LogP contribution in [0.5, 0.6) is 0 Å². The molecule has 0 saturated carbocycles. The standard InChI is InChI=1S/C13H29N3O2S/c1-4-16(9-5-8-15(2)3)10-6-13-12-19(17,18)11-7-14-13/h13-14H,4-12H2,1-3H3. The number of nitrogens with one attached hydrogen (secondary N) is 1. The Kier molecular flexibility index (Phi) is 7.28. The van der Waals surface area contributed by atoms with Crippen LogP contribution in [0, 0.1) is 0 Å². The van der Waals surface area contributed by atoms with Gasteiger partial charge in [0.25, 0.3) is 0 Å². The van der Waals surface area contributed by atoms with Crippen LogP contribution in [0.4, 0.5) is 0 Å². The summed E-state index contributed by atoms with van der Waals surface area (Å²) < 4.78 is 23.1. The van der Waals surface area contributed by atoms with Gasteiger partial charge < -0.3 is 15.1 Å². The molecule has 6 heteroatoms. The van der Waals surface area contributed by atoms with Crippen LogP contribution < -0.4 is 5.32 Å². The minimum absolute atomic E-state index is 0.140. The van der Waals surface area contributed by atoms with Crippen molar-refractivity contribution >= 4 is 9.84 Å². The van der Waals surface area contributed by atoms with Gasteiger partial charge in [-0.05, 0) is 53.1 Å². The van der Waals surface area contributed by atoms with Crippen molar-refractivity contribution in [2.75, 3.05) is 58.3 Å². The Labute approximate surface area is 118 Å². The van der Waals surface area contributed by atoms with E-state index < -0.39 is 9.84 Å². The van der Waals surface area contributed by atoms with Gasteiger partial charge in [0, 0.05) is 12.6 Å². The van der Waals surface area contributed by atoms with Crippen LogP contribution in [0.1, 0.15) is 19.8 Å². The predicted octanol–water partition coefficient (Wildman–Crippen LogP) is 0.0367. The van der Waals surface area contributed by atoms with Crippen molar-refractivity contribution in [2.45, 2.75) is 25.8 Å². The minimum atomic E-state index is -2.80. The molecule has 1 unspecified atom stereocenters. The second-order valence-electron chi connectivity index (χ2n) is 5.65. The quantitative estimate of drug-likeness (QED) is 0.684. The molecule has 1 rings (SSSR count). The third-order valence-corrected chi connectivity index (χ3v) is 5.36. The van der Waals surface area contributed by atoms with Crippen molar-refractivity contribution in [2.24, 2.45) is 0 Å². The first-order chi connectivity index (χ1) is 8.93. The van der Waals surface area contributed by atoms with Crippen molar-refractivity contribution in [3.8, 4) is 0 Å². The first-order valence-electron chi connectivity index (χ1n) is 7.24. The first-order valence-corrected chi connectivity index (χ1v) is 9.06. The highest BCUT2D eigenvalue weighted by Crippen LogP contribution is 2.06. The summed E-state index contributed by atoms with van der Waals surface area (Å²) >= 11 is 0.